The molecular formula is C16H31N3. The Bertz CT molecular complexity index is 300. The van der Waals surface area contributed by atoms with Gasteiger partial charge in [0, 0.05) is 12.1 Å². The van der Waals surface area contributed by atoms with Gasteiger partial charge >= 0.3 is 0 Å². The van der Waals surface area contributed by atoms with Crippen molar-refractivity contribution in [1.82, 2.24) is 10.2 Å². The molecule has 2 rings (SSSR count). The third-order valence-corrected chi connectivity index (χ3v) is 4.96. The van der Waals surface area contributed by atoms with Crippen LogP contribution in [0.1, 0.15) is 51.9 Å². The number of hydrogen-bond acceptors (Lipinski definition) is 3. The number of nitrogens with two attached hydrogens (primary N) is 1. The molecule has 19 heavy (non-hydrogen) atoms. The highest BCUT2D eigenvalue weighted by Crippen LogP contribution is 2.23. The van der Waals surface area contributed by atoms with Crippen LogP contribution >= 0.6 is 0 Å². The molecule has 0 amide bonds. The number of hydrogen-bond donors (Lipinski definition) is 2. The van der Waals surface area contributed by atoms with Gasteiger partial charge in [-0.15, -0.1) is 0 Å². The summed E-state index contributed by atoms with van der Waals surface area (Å²) in [6, 6.07) is 0. The van der Waals surface area contributed by atoms with E-state index in [-0.39, 0.29) is 5.54 Å². The van der Waals surface area contributed by atoms with Crippen LogP contribution in [0.4, 0.5) is 0 Å². The van der Waals surface area contributed by atoms with Crippen LogP contribution in [0.15, 0.2) is 11.6 Å². The van der Waals surface area contributed by atoms with E-state index in [0.29, 0.717) is 0 Å². The van der Waals surface area contributed by atoms with Gasteiger partial charge in [-0.2, -0.15) is 0 Å². The summed E-state index contributed by atoms with van der Waals surface area (Å²) in [5, 5.41) is 3.80. The third-order valence-electron chi connectivity index (χ3n) is 4.96. The molecule has 1 unspecified atom stereocenters. The van der Waals surface area contributed by atoms with Gasteiger partial charge in [-0.05, 0) is 71.1 Å². The summed E-state index contributed by atoms with van der Waals surface area (Å²) in [5.74, 6) is 0. The van der Waals surface area contributed by atoms with E-state index in [1.165, 1.54) is 64.6 Å². The summed E-state index contributed by atoms with van der Waals surface area (Å²) in [7, 11) is 0. The van der Waals surface area contributed by atoms with E-state index >= 15 is 0 Å². The number of nitrogens with zero attached hydrogens (tertiary/aromatic N) is 1. The van der Waals surface area contributed by atoms with Gasteiger partial charge in [0.25, 0.3) is 0 Å². The first-order valence-corrected chi connectivity index (χ1v) is 8.13. The molecule has 0 saturated carbocycles. The fourth-order valence-corrected chi connectivity index (χ4v) is 3.47. The van der Waals surface area contributed by atoms with E-state index in [0.717, 1.165) is 13.1 Å². The Balaban J connectivity index is 1.79. The van der Waals surface area contributed by atoms with E-state index in [2.05, 4.69) is 23.2 Å². The molecule has 0 aromatic heterocycles. The second-order valence-electron chi connectivity index (χ2n) is 6.20. The van der Waals surface area contributed by atoms with E-state index < -0.39 is 0 Å². The predicted molar refractivity (Wildman–Crippen MR) is 82.3 cm³/mol. The average Bonchev–Trinajstić information content (AvgIpc) is 2.86. The monoisotopic (exact) mass is 265 g/mol. The highest BCUT2D eigenvalue weighted by Gasteiger charge is 2.30. The van der Waals surface area contributed by atoms with E-state index in [1.54, 1.807) is 5.57 Å². The lowest BCUT2D eigenvalue weighted by atomic mass is 9.90. The van der Waals surface area contributed by atoms with Gasteiger partial charge < -0.3 is 16.0 Å². The van der Waals surface area contributed by atoms with Crippen LogP contribution in [0.3, 0.4) is 0 Å². The molecule has 1 aliphatic heterocycles. The van der Waals surface area contributed by atoms with Crippen LogP contribution in [-0.2, 0) is 0 Å². The molecule has 1 atom stereocenters. The molecule has 1 heterocycles. The zero-order valence-electron chi connectivity index (χ0n) is 12.6. The molecule has 1 aliphatic carbocycles. The van der Waals surface area contributed by atoms with E-state index in [4.69, 9.17) is 5.73 Å². The number of rotatable bonds is 6. The van der Waals surface area contributed by atoms with Crippen molar-refractivity contribution in [2.75, 3.05) is 32.7 Å². The maximum Gasteiger partial charge on any atom is 0.0316 e. The smallest absolute Gasteiger partial charge is 0.0316 e. The first-order chi connectivity index (χ1) is 9.28. The van der Waals surface area contributed by atoms with Crippen molar-refractivity contribution < 1.29 is 0 Å². The van der Waals surface area contributed by atoms with Crippen molar-refractivity contribution in [3.63, 3.8) is 0 Å². The van der Waals surface area contributed by atoms with E-state index in [1.807, 2.05) is 0 Å². The summed E-state index contributed by atoms with van der Waals surface area (Å²) < 4.78 is 0. The van der Waals surface area contributed by atoms with Crippen LogP contribution in [0.25, 0.3) is 0 Å². The maximum absolute atomic E-state index is 6.09. The lowest BCUT2D eigenvalue weighted by molar-refractivity contribution is 0.267. The number of likely N-dealkylation sites (tertiary alicyclic amines) is 1. The first kappa shape index (κ1) is 15.0. The molecule has 0 radical (unpaired) electrons. The average molecular weight is 265 g/mol. The second kappa shape index (κ2) is 7.41. The molecule has 1 fully saturated rings. The number of allylic oxidation sites excluding steroid dienone is 1. The van der Waals surface area contributed by atoms with Crippen molar-refractivity contribution in [1.29, 1.82) is 0 Å². The summed E-state index contributed by atoms with van der Waals surface area (Å²) in [6.07, 6.45) is 11.4. The van der Waals surface area contributed by atoms with Gasteiger partial charge in [0.15, 0.2) is 0 Å². The van der Waals surface area contributed by atoms with Gasteiger partial charge in [-0.25, -0.2) is 0 Å². The summed E-state index contributed by atoms with van der Waals surface area (Å²) in [5.41, 5.74) is 7.95. The molecule has 2 aliphatic rings. The van der Waals surface area contributed by atoms with Gasteiger partial charge in [-0.1, -0.05) is 18.6 Å². The highest BCUT2D eigenvalue weighted by molar-refractivity contribution is 5.08. The van der Waals surface area contributed by atoms with Crippen LogP contribution in [0, 0.1) is 0 Å². The molecule has 110 valence electrons. The van der Waals surface area contributed by atoms with Crippen molar-refractivity contribution >= 4 is 0 Å². The number of nitrogens with one attached hydrogen (secondary N) is 1. The zero-order valence-corrected chi connectivity index (χ0v) is 12.6. The second-order valence-corrected chi connectivity index (χ2v) is 6.20. The lowest BCUT2D eigenvalue weighted by Gasteiger charge is -2.33. The molecule has 0 bridgehead atoms. The first-order valence-electron chi connectivity index (χ1n) is 8.13. The van der Waals surface area contributed by atoms with Gasteiger partial charge in [0.2, 0.25) is 0 Å². The molecule has 3 nitrogen and oxygen atoms in total. The minimum atomic E-state index is 0.198. The molecule has 1 saturated heterocycles. The fraction of sp³-hybridized carbons (Fsp3) is 0.875. The highest BCUT2D eigenvalue weighted by atomic mass is 15.1. The Morgan fingerprint density at radius 2 is 2.21 bits per heavy atom. The Labute approximate surface area is 118 Å². The van der Waals surface area contributed by atoms with Crippen molar-refractivity contribution in [3.05, 3.63) is 11.6 Å². The summed E-state index contributed by atoms with van der Waals surface area (Å²) in [4.78, 5) is 2.55. The van der Waals surface area contributed by atoms with Crippen LogP contribution in [-0.4, -0.2) is 43.2 Å². The van der Waals surface area contributed by atoms with Gasteiger partial charge in [0.05, 0.1) is 0 Å². The molecule has 0 aromatic rings. The Kier molecular flexibility index (Phi) is 5.86. The summed E-state index contributed by atoms with van der Waals surface area (Å²) in [6.45, 7) is 7.76. The quantitative estimate of drug-likeness (QED) is 0.724. The minimum absolute atomic E-state index is 0.198. The molecular weight excluding hydrogens is 234 g/mol. The predicted octanol–water partition coefficient (Wildman–Crippen LogP) is 2.28. The Hall–Kier alpha value is -0.380. The largest absolute Gasteiger partial charge is 0.329 e. The topological polar surface area (TPSA) is 41.3 Å². The normalized spacial score (nSPS) is 29.3. The summed E-state index contributed by atoms with van der Waals surface area (Å²) >= 11 is 0. The Morgan fingerprint density at radius 3 is 2.89 bits per heavy atom. The van der Waals surface area contributed by atoms with E-state index in [9.17, 15) is 0 Å². The van der Waals surface area contributed by atoms with Crippen LogP contribution in [0.5, 0.6) is 0 Å². The van der Waals surface area contributed by atoms with Crippen molar-refractivity contribution in [3.8, 4) is 0 Å². The maximum atomic E-state index is 6.09. The van der Waals surface area contributed by atoms with Crippen molar-refractivity contribution in [2.24, 2.45) is 5.73 Å². The fourth-order valence-electron chi connectivity index (χ4n) is 3.47. The zero-order chi connectivity index (χ0) is 13.6. The molecule has 3 N–H and O–H groups in total. The standard InChI is InChI=1S/C16H31N3/c1-2-19-12-5-9-16(14-17,10-13-19)18-11-8-15-6-3-4-7-15/h6,18H,2-5,7-14,17H2,1H3. The third kappa shape index (κ3) is 4.30. The molecule has 0 spiro atoms. The van der Waals surface area contributed by atoms with Gasteiger partial charge in [0.1, 0.15) is 0 Å². The molecule has 3 heteroatoms. The van der Waals surface area contributed by atoms with Crippen molar-refractivity contribution in [2.45, 2.75) is 57.4 Å². The van der Waals surface area contributed by atoms with Gasteiger partial charge in [-0.3, -0.25) is 0 Å². The Morgan fingerprint density at radius 1 is 1.32 bits per heavy atom. The minimum Gasteiger partial charge on any atom is -0.329 e. The molecule has 0 aromatic carbocycles. The SMILES string of the molecule is CCN1CCCC(CN)(NCCC2=CCCC2)CC1. The van der Waals surface area contributed by atoms with Crippen LogP contribution < -0.4 is 11.1 Å². The van der Waals surface area contributed by atoms with Crippen LogP contribution in [0.2, 0.25) is 0 Å². The lowest BCUT2D eigenvalue weighted by Crippen LogP contribution is -2.52.